The van der Waals surface area contributed by atoms with Crippen molar-refractivity contribution in [2.45, 2.75) is 45.1 Å². The highest BCUT2D eigenvalue weighted by molar-refractivity contribution is 5.72. The van der Waals surface area contributed by atoms with E-state index in [0.717, 1.165) is 12.5 Å². The first kappa shape index (κ1) is 19.8. The second kappa shape index (κ2) is 9.14. The number of hydrogen-bond acceptors (Lipinski definition) is 5. The molecule has 1 aromatic carbocycles. The molecular formula is C16H19F3O5. The van der Waals surface area contributed by atoms with Gasteiger partial charge in [-0.05, 0) is 31.0 Å². The van der Waals surface area contributed by atoms with Crippen LogP contribution in [0.25, 0.3) is 0 Å². The van der Waals surface area contributed by atoms with Crippen molar-refractivity contribution in [3.63, 3.8) is 0 Å². The highest BCUT2D eigenvalue weighted by Crippen LogP contribution is 2.22. The Labute approximate surface area is 137 Å². The summed E-state index contributed by atoms with van der Waals surface area (Å²) in [6.07, 6.45) is -7.05. The Bertz CT molecular complexity index is 540. The smallest absolute Gasteiger partial charge is 0.425 e. The second-order valence-corrected chi connectivity index (χ2v) is 5.04. The largest absolute Gasteiger partial charge is 0.497 e. The van der Waals surface area contributed by atoms with E-state index in [4.69, 9.17) is 9.47 Å². The van der Waals surface area contributed by atoms with Gasteiger partial charge in [0.2, 0.25) is 0 Å². The molecule has 1 unspecified atom stereocenters. The molecule has 0 heterocycles. The van der Waals surface area contributed by atoms with E-state index in [9.17, 15) is 22.8 Å². The number of carbonyl (C=O) groups is 2. The van der Waals surface area contributed by atoms with Crippen LogP contribution in [0.4, 0.5) is 13.2 Å². The lowest BCUT2D eigenvalue weighted by Gasteiger charge is -2.16. The van der Waals surface area contributed by atoms with Crippen molar-refractivity contribution in [3.8, 4) is 5.75 Å². The Morgan fingerprint density at radius 3 is 2.21 bits per heavy atom. The molecule has 1 aromatic rings. The lowest BCUT2D eigenvalue weighted by molar-refractivity contribution is -0.216. The lowest BCUT2D eigenvalue weighted by atomic mass is 10.2. The molecule has 0 radical (unpaired) electrons. The summed E-state index contributed by atoms with van der Waals surface area (Å²) in [5.41, 5.74) is 0.766. The standard InChI is InChI=1S/C16H19F3O5/c1-11(16(17,18)19)24-15(21)5-3-4-14(20)23-10-12-6-8-13(22-2)9-7-12/h6-9,11H,3-5,10H2,1-2H3. The Morgan fingerprint density at radius 2 is 1.67 bits per heavy atom. The van der Waals surface area contributed by atoms with Gasteiger partial charge >= 0.3 is 18.1 Å². The molecule has 0 fully saturated rings. The van der Waals surface area contributed by atoms with Crippen molar-refractivity contribution in [3.05, 3.63) is 29.8 Å². The third-order valence-electron chi connectivity index (χ3n) is 3.09. The number of carbonyl (C=O) groups excluding carboxylic acids is 2. The summed E-state index contributed by atoms with van der Waals surface area (Å²) in [4.78, 5) is 22.8. The quantitative estimate of drug-likeness (QED) is 0.674. The van der Waals surface area contributed by atoms with Crippen molar-refractivity contribution in [1.29, 1.82) is 0 Å². The fraction of sp³-hybridized carbons (Fsp3) is 0.500. The van der Waals surface area contributed by atoms with Gasteiger partial charge in [0.15, 0.2) is 6.10 Å². The topological polar surface area (TPSA) is 61.8 Å². The molecular weight excluding hydrogens is 329 g/mol. The van der Waals surface area contributed by atoms with E-state index in [2.05, 4.69) is 4.74 Å². The summed E-state index contributed by atoms with van der Waals surface area (Å²) < 4.78 is 50.9. The van der Waals surface area contributed by atoms with E-state index in [0.29, 0.717) is 5.75 Å². The van der Waals surface area contributed by atoms with Crippen molar-refractivity contribution < 1.29 is 37.0 Å². The highest BCUT2D eigenvalue weighted by Gasteiger charge is 2.38. The van der Waals surface area contributed by atoms with Crippen molar-refractivity contribution >= 4 is 11.9 Å². The van der Waals surface area contributed by atoms with Crippen LogP contribution in [0.15, 0.2) is 24.3 Å². The lowest BCUT2D eigenvalue weighted by Crippen LogP contribution is -2.30. The molecule has 8 heteroatoms. The number of methoxy groups -OCH3 is 1. The van der Waals surface area contributed by atoms with Crippen LogP contribution in [-0.4, -0.2) is 31.3 Å². The minimum atomic E-state index is -4.59. The van der Waals surface area contributed by atoms with Crippen LogP contribution in [0.5, 0.6) is 5.75 Å². The number of esters is 2. The third-order valence-corrected chi connectivity index (χ3v) is 3.09. The van der Waals surface area contributed by atoms with Gasteiger partial charge in [0.05, 0.1) is 7.11 Å². The van der Waals surface area contributed by atoms with E-state index >= 15 is 0 Å². The van der Waals surface area contributed by atoms with Gasteiger partial charge in [-0.25, -0.2) is 0 Å². The molecule has 24 heavy (non-hydrogen) atoms. The molecule has 0 aromatic heterocycles. The zero-order valence-corrected chi connectivity index (χ0v) is 13.4. The number of benzene rings is 1. The Hall–Kier alpha value is -2.25. The molecule has 1 atom stereocenters. The summed E-state index contributed by atoms with van der Waals surface area (Å²) in [5.74, 6) is -0.859. The zero-order chi connectivity index (χ0) is 18.2. The average molecular weight is 348 g/mol. The van der Waals surface area contributed by atoms with E-state index in [-0.39, 0.29) is 25.9 Å². The highest BCUT2D eigenvalue weighted by atomic mass is 19.4. The molecule has 5 nitrogen and oxygen atoms in total. The predicted molar refractivity (Wildman–Crippen MR) is 78.3 cm³/mol. The van der Waals surface area contributed by atoms with Crippen LogP contribution in [0.3, 0.4) is 0 Å². The second-order valence-electron chi connectivity index (χ2n) is 5.04. The van der Waals surface area contributed by atoms with Crippen LogP contribution in [0, 0.1) is 0 Å². The predicted octanol–water partition coefficient (Wildman–Crippen LogP) is 3.40. The van der Waals surface area contributed by atoms with Crippen LogP contribution in [0.2, 0.25) is 0 Å². The minimum absolute atomic E-state index is 0.0604. The van der Waals surface area contributed by atoms with E-state index in [1.807, 2.05) is 0 Å². The maximum atomic E-state index is 12.2. The first-order valence-electron chi connectivity index (χ1n) is 7.27. The summed E-state index contributed by atoms with van der Waals surface area (Å²) >= 11 is 0. The van der Waals surface area contributed by atoms with E-state index in [1.54, 1.807) is 24.3 Å². The summed E-state index contributed by atoms with van der Waals surface area (Å²) in [6, 6.07) is 6.92. The molecule has 0 aliphatic carbocycles. The van der Waals surface area contributed by atoms with Gasteiger partial charge in [-0.3, -0.25) is 9.59 Å². The summed E-state index contributed by atoms with van der Waals surface area (Å²) in [7, 11) is 1.54. The van der Waals surface area contributed by atoms with Crippen LogP contribution < -0.4 is 4.74 Å². The monoisotopic (exact) mass is 348 g/mol. The zero-order valence-electron chi connectivity index (χ0n) is 13.4. The fourth-order valence-electron chi connectivity index (χ4n) is 1.66. The SMILES string of the molecule is COc1ccc(COC(=O)CCCC(=O)OC(C)C(F)(F)F)cc1. The normalized spacial score (nSPS) is 12.4. The number of rotatable bonds is 8. The third kappa shape index (κ3) is 7.34. The Balaban J connectivity index is 2.22. The van der Waals surface area contributed by atoms with Crippen LogP contribution in [-0.2, 0) is 25.7 Å². The van der Waals surface area contributed by atoms with Gasteiger partial charge in [0.25, 0.3) is 0 Å². The van der Waals surface area contributed by atoms with Gasteiger partial charge in [-0.15, -0.1) is 0 Å². The summed E-state index contributed by atoms with van der Waals surface area (Å²) in [6.45, 7) is 0.819. The molecule has 0 saturated heterocycles. The van der Waals surface area contributed by atoms with Crippen LogP contribution in [0.1, 0.15) is 31.7 Å². The van der Waals surface area contributed by atoms with E-state index < -0.39 is 24.2 Å². The van der Waals surface area contributed by atoms with Gasteiger partial charge in [-0.1, -0.05) is 12.1 Å². The van der Waals surface area contributed by atoms with Gasteiger partial charge < -0.3 is 14.2 Å². The fourth-order valence-corrected chi connectivity index (χ4v) is 1.66. The number of halogens is 3. The molecule has 1 rings (SSSR count). The number of alkyl halides is 3. The van der Waals surface area contributed by atoms with Crippen molar-refractivity contribution in [2.75, 3.05) is 7.11 Å². The van der Waals surface area contributed by atoms with Gasteiger partial charge in [-0.2, -0.15) is 13.2 Å². The molecule has 0 N–H and O–H groups in total. The number of ether oxygens (including phenoxy) is 3. The van der Waals surface area contributed by atoms with Crippen LogP contribution >= 0.6 is 0 Å². The molecule has 0 bridgehead atoms. The maximum Gasteiger partial charge on any atom is 0.425 e. The van der Waals surface area contributed by atoms with Crippen molar-refractivity contribution in [1.82, 2.24) is 0 Å². The molecule has 0 aliphatic heterocycles. The van der Waals surface area contributed by atoms with Gasteiger partial charge in [0.1, 0.15) is 12.4 Å². The van der Waals surface area contributed by atoms with Crippen molar-refractivity contribution in [2.24, 2.45) is 0 Å². The van der Waals surface area contributed by atoms with Gasteiger partial charge in [0, 0.05) is 12.8 Å². The Morgan fingerprint density at radius 1 is 1.08 bits per heavy atom. The minimum Gasteiger partial charge on any atom is -0.497 e. The molecule has 0 saturated carbocycles. The Kier molecular flexibility index (Phi) is 7.54. The maximum absolute atomic E-state index is 12.2. The van der Waals surface area contributed by atoms with E-state index in [1.165, 1.54) is 7.11 Å². The molecule has 134 valence electrons. The molecule has 0 aliphatic rings. The molecule has 0 amide bonds. The summed E-state index contributed by atoms with van der Waals surface area (Å²) in [5, 5.41) is 0. The average Bonchev–Trinajstić information content (AvgIpc) is 2.52. The molecule has 0 spiro atoms. The first-order chi connectivity index (χ1) is 11.2. The number of hydrogen-bond donors (Lipinski definition) is 0. The first-order valence-corrected chi connectivity index (χ1v) is 7.27.